The summed E-state index contributed by atoms with van der Waals surface area (Å²) < 4.78 is 5.57. The van der Waals surface area contributed by atoms with Gasteiger partial charge in [0.15, 0.2) is 0 Å². The van der Waals surface area contributed by atoms with Gasteiger partial charge in [-0.2, -0.15) is 0 Å². The molecule has 1 aliphatic carbocycles. The molecule has 1 aliphatic rings. The van der Waals surface area contributed by atoms with E-state index in [-0.39, 0.29) is 0 Å². The zero-order chi connectivity index (χ0) is 13.7. The lowest BCUT2D eigenvalue weighted by Crippen LogP contribution is -2.10. The predicted octanol–water partition coefficient (Wildman–Crippen LogP) is 3.20. The maximum absolute atomic E-state index is 6.15. The van der Waals surface area contributed by atoms with Crippen molar-refractivity contribution in [2.45, 2.75) is 19.3 Å². The van der Waals surface area contributed by atoms with Crippen molar-refractivity contribution >= 4 is 34.5 Å². The molecule has 1 saturated carbocycles. The average Bonchev–Trinajstić information content (AvgIpc) is 3.19. The molecule has 1 aromatic rings. The van der Waals surface area contributed by atoms with Crippen LogP contribution in [0.3, 0.4) is 0 Å². The Balaban J connectivity index is 1.68. The van der Waals surface area contributed by atoms with Crippen molar-refractivity contribution in [2.24, 2.45) is 11.7 Å². The number of nitrogens with one attached hydrogen (secondary N) is 1. The first kappa shape index (κ1) is 14.6. The Morgan fingerprint density at radius 2 is 2.26 bits per heavy atom. The van der Waals surface area contributed by atoms with Gasteiger partial charge in [0.1, 0.15) is 4.99 Å². The van der Waals surface area contributed by atoms with E-state index in [0.717, 1.165) is 43.3 Å². The van der Waals surface area contributed by atoms with Crippen LogP contribution in [0.4, 0.5) is 5.69 Å². The monoisotopic (exact) mass is 298 g/mol. The largest absolute Gasteiger partial charge is 0.389 e. The highest BCUT2D eigenvalue weighted by molar-refractivity contribution is 7.80. The van der Waals surface area contributed by atoms with Crippen molar-refractivity contribution in [1.29, 1.82) is 0 Å². The standard InChI is InChI=1S/C14H19ClN2OS/c15-12-8-11(14(16)19)4-5-13(12)17-6-1-7-18-9-10-2-3-10/h4-5,8,10,17H,1-3,6-7,9H2,(H2,16,19). The minimum absolute atomic E-state index is 0.363. The molecule has 0 heterocycles. The van der Waals surface area contributed by atoms with Crippen LogP contribution in [0.25, 0.3) is 0 Å². The zero-order valence-corrected chi connectivity index (χ0v) is 12.4. The second-order valence-corrected chi connectivity index (χ2v) is 5.70. The van der Waals surface area contributed by atoms with Gasteiger partial charge in [0.25, 0.3) is 0 Å². The molecule has 0 aliphatic heterocycles. The fourth-order valence-electron chi connectivity index (χ4n) is 1.74. The van der Waals surface area contributed by atoms with Crippen molar-refractivity contribution < 1.29 is 4.74 Å². The highest BCUT2D eigenvalue weighted by atomic mass is 35.5. The van der Waals surface area contributed by atoms with E-state index >= 15 is 0 Å². The second kappa shape index (κ2) is 7.08. The van der Waals surface area contributed by atoms with Crippen LogP contribution in [0.2, 0.25) is 5.02 Å². The van der Waals surface area contributed by atoms with Gasteiger partial charge in [-0.25, -0.2) is 0 Å². The number of rotatable bonds is 8. The Morgan fingerprint density at radius 1 is 1.47 bits per heavy atom. The lowest BCUT2D eigenvalue weighted by atomic mass is 10.2. The minimum Gasteiger partial charge on any atom is -0.389 e. The molecule has 0 atom stereocenters. The number of hydrogen-bond donors (Lipinski definition) is 2. The van der Waals surface area contributed by atoms with Crippen LogP contribution in [-0.2, 0) is 4.74 Å². The van der Waals surface area contributed by atoms with Crippen LogP contribution in [0.5, 0.6) is 0 Å². The fourth-order valence-corrected chi connectivity index (χ4v) is 2.12. The van der Waals surface area contributed by atoms with Gasteiger partial charge in [-0.15, -0.1) is 0 Å². The number of hydrogen-bond acceptors (Lipinski definition) is 3. The molecule has 1 aromatic carbocycles. The number of halogens is 1. The second-order valence-electron chi connectivity index (χ2n) is 4.86. The van der Waals surface area contributed by atoms with Crippen LogP contribution < -0.4 is 11.1 Å². The first-order valence-electron chi connectivity index (χ1n) is 6.58. The maximum Gasteiger partial charge on any atom is 0.104 e. The third-order valence-corrected chi connectivity index (χ3v) is 3.63. The molecule has 104 valence electrons. The Bertz CT molecular complexity index is 449. The molecule has 0 unspecified atom stereocenters. The summed E-state index contributed by atoms with van der Waals surface area (Å²) in [5.41, 5.74) is 7.25. The molecular weight excluding hydrogens is 280 g/mol. The summed E-state index contributed by atoms with van der Waals surface area (Å²) in [6, 6.07) is 5.57. The third kappa shape index (κ3) is 4.97. The molecule has 5 heteroatoms. The summed E-state index contributed by atoms with van der Waals surface area (Å²) in [4.78, 5) is 0.363. The van der Waals surface area contributed by atoms with Crippen molar-refractivity contribution in [3.8, 4) is 0 Å². The van der Waals surface area contributed by atoms with Crippen molar-refractivity contribution in [3.05, 3.63) is 28.8 Å². The topological polar surface area (TPSA) is 47.3 Å². The molecule has 19 heavy (non-hydrogen) atoms. The Hall–Kier alpha value is -0.840. The zero-order valence-electron chi connectivity index (χ0n) is 10.8. The van der Waals surface area contributed by atoms with Crippen molar-refractivity contribution in [1.82, 2.24) is 0 Å². The summed E-state index contributed by atoms with van der Waals surface area (Å²) >= 11 is 11.1. The van der Waals surface area contributed by atoms with Gasteiger partial charge < -0.3 is 15.8 Å². The number of anilines is 1. The van der Waals surface area contributed by atoms with Crippen molar-refractivity contribution in [2.75, 3.05) is 25.1 Å². The molecule has 0 spiro atoms. The molecule has 3 N–H and O–H groups in total. The van der Waals surface area contributed by atoms with Gasteiger partial charge in [0.2, 0.25) is 0 Å². The van der Waals surface area contributed by atoms with E-state index in [1.54, 1.807) is 6.07 Å². The molecule has 0 saturated heterocycles. The molecule has 0 amide bonds. The van der Waals surface area contributed by atoms with Crippen LogP contribution in [0.15, 0.2) is 18.2 Å². The lowest BCUT2D eigenvalue weighted by Gasteiger charge is -2.10. The van der Waals surface area contributed by atoms with Gasteiger partial charge >= 0.3 is 0 Å². The Labute approximate surface area is 124 Å². The number of nitrogens with two attached hydrogens (primary N) is 1. The predicted molar refractivity (Wildman–Crippen MR) is 84.0 cm³/mol. The summed E-state index contributed by atoms with van der Waals surface area (Å²) in [6.07, 6.45) is 3.65. The average molecular weight is 299 g/mol. The first-order chi connectivity index (χ1) is 9.16. The van der Waals surface area contributed by atoms with E-state index in [0.29, 0.717) is 10.0 Å². The van der Waals surface area contributed by atoms with E-state index in [1.165, 1.54) is 12.8 Å². The van der Waals surface area contributed by atoms with E-state index in [2.05, 4.69) is 5.32 Å². The number of ether oxygens (including phenoxy) is 1. The molecular formula is C14H19ClN2OS. The fraction of sp³-hybridized carbons (Fsp3) is 0.500. The molecule has 0 bridgehead atoms. The SMILES string of the molecule is NC(=S)c1ccc(NCCCOCC2CC2)c(Cl)c1. The highest BCUT2D eigenvalue weighted by Crippen LogP contribution is 2.28. The summed E-state index contributed by atoms with van der Waals surface area (Å²) in [5.74, 6) is 0.829. The number of thiocarbonyl (C=S) groups is 1. The van der Waals surface area contributed by atoms with Gasteiger partial charge in [-0.3, -0.25) is 0 Å². The smallest absolute Gasteiger partial charge is 0.104 e. The quantitative estimate of drug-likeness (QED) is 0.571. The van der Waals surface area contributed by atoms with Gasteiger partial charge in [0.05, 0.1) is 10.7 Å². The molecule has 1 fully saturated rings. The molecule has 0 aromatic heterocycles. The van der Waals surface area contributed by atoms with Gasteiger partial charge in [0, 0.05) is 25.3 Å². The Morgan fingerprint density at radius 3 is 2.89 bits per heavy atom. The minimum atomic E-state index is 0.363. The lowest BCUT2D eigenvalue weighted by molar-refractivity contribution is 0.124. The van der Waals surface area contributed by atoms with E-state index in [1.807, 2.05) is 12.1 Å². The normalized spacial score (nSPS) is 14.4. The van der Waals surface area contributed by atoms with E-state index in [4.69, 9.17) is 34.3 Å². The highest BCUT2D eigenvalue weighted by Gasteiger charge is 2.20. The van der Waals surface area contributed by atoms with E-state index < -0.39 is 0 Å². The Kier molecular flexibility index (Phi) is 5.43. The third-order valence-electron chi connectivity index (χ3n) is 3.08. The van der Waals surface area contributed by atoms with Gasteiger partial charge in [-0.05, 0) is 43.4 Å². The maximum atomic E-state index is 6.15. The van der Waals surface area contributed by atoms with Crippen LogP contribution in [-0.4, -0.2) is 24.7 Å². The summed E-state index contributed by atoms with van der Waals surface area (Å²) in [6.45, 7) is 2.56. The van der Waals surface area contributed by atoms with Crippen LogP contribution >= 0.6 is 23.8 Å². The summed E-state index contributed by atoms with van der Waals surface area (Å²) in [5, 5.41) is 3.93. The first-order valence-corrected chi connectivity index (χ1v) is 7.36. The molecule has 2 rings (SSSR count). The molecule has 0 radical (unpaired) electrons. The van der Waals surface area contributed by atoms with E-state index in [9.17, 15) is 0 Å². The summed E-state index contributed by atoms with van der Waals surface area (Å²) in [7, 11) is 0. The van der Waals surface area contributed by atoms with Crippen molar-refractivity contribution in [3.63, 3.8) is 0 Å². The molecule has 3 nitrogen and oxygen atoms in total. The van der Waals surface area contributed by atoms with Gasteiger partial charge in [-0.1, -0.05) is 23.8 Å². The van der Waals surface area contributed by atoms with Crippen LogP contribution in [0.1, 0.15) is 24.8 Å². The number of benzene rings is 1. The van der Waals surface area contributed by atoms with Crippen LogP contribution in [0, 0.1) is 5.92 Å².